The average molecular weight is 367 g/mol. The molecule has 0 unspecified atom stereocenters. The summed E-state index contributed by atoms with van der Waals surface area (Å²) in [6.45, 7) is 0. The first kappa shape index (κ1) is 16.4. The lowest BCUT2D eigenvalue weighted by atomic mass is 10.0. The summed E-state index contributed by atoms with van der Waals surface area (Å²) in [7, 11) is -3.27. The standard InChI is InChI=1S/C19H14FN3O2S/c1-26(24,25)16-8-4-13(5-9-16)18-19(14-2-6-15(20)7-3-14)23-11-10-21-12-17(23)22-18/h2-12H,1H3. The van der Waals surface area contributed by atoms with Gasteiger partial charge in [0.25, 0.3) is 0 Å². The van der Waals surface area contributed by atoms with Crippen LogP contribution >= 0.6 is 0 Å². The predicted octanol–water partition coefficient (Wildman–Crippen LogP) is 3.61. The molecule has 0 radical (unpaired) electrons. The van der Waals surface area contributed by atoms with Crippen LogP contribution in [-0.4, -0.2) is 29.0 Å². The largest absolute Gasteiger partial charge is 0.296 e. The molecule has 7 heteroatoms. The second-order valence-corrected chi connectivity index (χ2v) is 7.93. The number of nitrogens with zero attached hydrogens (tertiary/aromatic N) is 3. The van der Waals surface area contributed by atoms with Crippen molar-refractivity contribution in [1.82, 2.24) is 14.4 Å². The monoisotopic (exact) mass is 367 g/mol. The fourth-order valence-corrected chi connectivity index (χ4v) is 3.48. The van der Waals surface area contributed by atoms with E-state index in [9.17, 15) is 12.8 Å². The molecule has 2 heterocycles. The Morgan fingerprint density at radius 1 is 0.962 bits per heavy atom. The van der Waals surface area contributed by atoms with Crippen molar-refractivity contribution in [2.75, 3.05) is 6.26 Å². The Balaban J connectivity index is 1.95. The topological polar surface area (TPSA) is 64.3 Å². The Morgan fingerprint density at radius 3 is 2.27 bits per heavy atom. The van der Waals surface area contributed by atoms with Crippen LogP contribution in [-0.2, 0) is 9.84 Å². The zero-order valence-electron chi connectivity index (χ0n) is 13.8. The number of hydrogen-bond donors (Lipinski definition) is 0. The van der Waals surface area contributed by atoms with Gasteiger partial charge in [-0.05, 0) is 36.4 Å². The van der Waals surface area contributed by atoms with Crippen LogP contribution in [0.4, 0.5) is 4.39 Å². The van der Waals surface area contributed by atoms with Gasteiger partial charge in [0.05, 0.1) is 22.5 Å². The Hall–Kier alpha value is -3.06. The number of fused-ring (bicyclic) bond motifs is 1. The summed E-state index contributed by atoms with van der Waals surface area (Å²) in [5, 5.41) is 0. The van der Waals surface area contributed by atoms with Gasteiger partial charge in [0.2, 0.25) is 0 Å². The predicted molar refractivity (Wildman–Crippen MR) is 96.9 cm³/mol. The van der Waals surface area contributed by atoms with Crippen LogP contribution < -0.4 is 0 Å². The lowest BCUT2D eigenvalue weighted by Gasteiger charge is -2.06. The molecule has 2 aromatic carbocycles. The van der Waals surface area contributed by atoms with Crippen LogP contribution in [0.25, 0.3) is 28.2 Å². The van der Waals surface area contributed by atoms with Gasteiger partial charge >= 0.3 is 0 Å². The van der Waals surface area contributed by atoms with E-state index < -0.39 is 9.84 Å². The average Bonchev–Trinajstić information content (AvgIpc) is 3.01. The molecule has 0 bridgehead atoms. The molecule has 0 aliphatic rings. The summed E-state index contributed by atoms with van der Waals surface area (Å²) in [6, 6.07) is 12.7. The zero-order chi connectivity index (χ0) is 18.3. The van der Waals surface area contributed by atoms with Crippen LogP contribution in [0.15, 0.2) is 72.0 Å². The lowest BCUT2D eigenvalue weighted by molar-refractivity contribution is 0.602. The maximum absolute atomic E-state index is 13.3. The van der Waals surface area contributed by atoms with Crippen molar-refractivity contribution in [2.45, 2.75) is 4.90 Å². The fourth-order valence-electron chi connectivity index (χ4n) is 2.85. The summed E-state index contributed by atoms with van der Waals surface area (Å²) < 4.78 is 38.6. The van der Waals surface area contributed by atoms with E-state index in [1.54, 1.807) is 55.0 Å². The molecule has 0 atom stereocenters. The maximum atomic E-state index is 13.3. The van der Waals surface area contributed by atoms with Crippen molar-refractivity contribution in [2.24, 2.45) is 0 Å². The maximum Gasteiger partial charge on any atom is 0.175 e. The number of rotatable bonds is 3. The molecule has 5 nitrogen and oxygen atoms in total. The van der Waals surface area contributed by atoms with E-state index in [0.717, 1.165) is 16.8 Å². The molecule has 0 saturated carbocycles. The Kier molecular flexibility index (Phi) is 3.81. The second-order valence-electron chi connectivity index (χ2n) is 5.92. The number of halogens is 1. The van der Waals surface area contributed by atoms with Crippen molar-refractivity contribution in [3.63, 3.8) is 0 Å². The molecule has 0 fully saturated rings. The summed E-state index contributed by atoms with van der Waals surface area (Å²) in [4.78, 5) is 8.97. The summed E-state index contributed by atoms with van der Waals surface area (Å²) in [5.41, 5.74) is 3.67. The van der Waals surface area contributed by atoms with Crippen molar-refractivity contribution in [1.29, 1.82) is 0 Å². The molecule has 0 N–H and O–H groups in total. The highest BCUT2D eigenvalue weighted by atomic mass is 32.2. The van der Waals surface area contributed by atoms with Crippen molar-refractivity contribution < 1.29 is 12.8 Å². The first-order chi connectivity index (χ1) is 12.4. The van der Waals surface area contributed by atoms with Gasteiger partial charge < -0.3 is 0 Å². The van der Waals surface area contributed by atoms with Crippen LogP contribution in [0, 0.1) is 5.82 Å². The Morgan fingerprint density at radius 2 is 1.62 bits per heavy atom. The summed E-state index contributed by atoms with van der Waals surface area (Å²) in [6.07, 6.45) is 6.25. The highest BCUT2D eigenvalue weighted by Crippen LogP contribution is 2.33. The first-order valence-electron chi connectivity index (χ1n) is 7.82. The zero-order valence-corrected chi connectivity index (χ0v) is 14.6. The van der Waals surface area contributed by atoms with Crippen molar-refractivity contribution in [3.8, 4) is 22.5 Å². The number of imidazole rings is 1. The van der Waals surface area contributed by atoms with Gasteiger partial charge in [-0.1, -0.05) is 12.1 Å². The minimum atomic E-state index is -3.27. The first-order valence-corrected chi connectivity index (χ1v) is 9.71. The molecule has 130 valence electrons. The quantitative estimate of drug-likeness (QED) is 0.555. The van der Waals surface area contributed by atoms with Gasteiger partial charge in [0, 0.05) is 29.8 Å². The highest BCUT2D eigenvalue weighted by molar-refractivity contribution is 7.90. The molecule has 0 aliphatic heterocycles. The molecule has 0 aliphatic carbocycles. The molecule has 0 spiro atoms. The van der Waals surface area contributed by atoms with Gasteiger partial charge in [-0.2, -0.15) is 0 Å². The van der Waals surface area contributed by atoms with Gasteiger partial charge in [0.15, 0.2) is 15.5 Å². The third-order valence-corrected chi connectivity index (χ3v) is 5.23. The molecular weight excluding hydrogens is 353 g/mol. The van der Waals surface area contributed by atoms with E-state index in [1.807, 2.05) is 4.40 Å². The van der Waals surface area contributed by atoms with Gasteiger partial charge in [-0.25, -0.2) is 17.8 Å². The van der Waals surface area contributed by atoms with E-state index in [2.05, 4.69) is 9.97 Å². The van der Waals surface area contributed by atoms with Crippen molar-refractivity contribution >= 4 is 15.5 Å². The smallest absolute Gasteiger partial charge is 0.175 e. The second kappa shape index (κ2) is 6.03. The fraction of sp³-hybridized carbons (Fsp3) is 0.0526. The number of hydrogen-bond acceptors (Lipinski definition) is 4. The molecule has 0 amide bonds. The van der Waals surface area contributed by atoms with Gasteiger partial charge in [-0.15, -0.1) is 0 Å². The van der Waals surface area contributed by atoms with E-state index in [-0.39, 0.29) is 10.7 Å². The van der Waals surface area contributed by atoms with E-state index in [4.69, 9.17) is 0 Å². The minimum absolute atomic E-state index is 0.245. The molecule has 4 aromatic rings. The molecule has 2 aromatic heterocycles. The minimum Gasteiger partial charge on any atom is -0.296 e. The SMILES string of the molecule is CS(=O)(=O)c1ccc(-c2nc3cnccn3c2-c2ccc(F)cc2)cc1. The van der Waals surface area contributed by atoms with E-state index in [0.29, 0.717) is 11.3 Å². The van der Waals surface area contributed by atoms with Gasteiger partial charge in [0.1, 0.15) is 5.82 Å². The van der Waals surface area contributed by atoms with Crippen LogP contribution in [0.1, 0.15) is 0 Å². The van der Waals surface area contributed by atoms with E-state index >= 15 is 0 Å². The van der Waals surface area contributed by atoms with Crippen LogP contribution in [0.3, 0.4) is 0 Å². The normalized spacial score (nSPS) is 11.8. The number of sulfone groups is 1. The number of benzene rings is 2. The van der Waals surface area contributed by atoms with Crippen molar-refractivity contribution in [3.05, 3.63) is 72.9 Å². The molecule has 26 heavy (non-hydrogen) atoms. The Labute approximate surface area is 149 Å². The Bertz CT molecular complexity index is 1200. The van der Waals surface area contributed by atoms with E-state index in [1.165, 1.54) is 18.4 Å². The number of aromatic nitrogens is 3. The molecular formula is C19H14FN3O2S. The third kappa shape index (κ3) is 2.86. The molecule has 4 rings (SSSR count). The lowest BCUT2D eigenvalue weighted by Crippen LogP contribution is -1.96. The third-order valence-electron chi connectivity index (χ3n) is 4.10. The highest BCUT2D eigenvalue weighted by Gasteiger charge is 2.17. The molecule has 0 saturated heterocycles. The van der Waals surface area contributed by atoms with Gasteiger partial charge in [-0.3, -0.25) is 9.38 Å². The van der Waals surface area contributed by atoms with Crippen LogP contribution in [0.2, 0.25) is 0 Å². The summed E-state index contributed by atoms with van der Waals surface area (Å²) in [5.74, 6) is -0.316. The van der Waals surface area contributed by atoms with Crippen LogP contribution in [0.5, 0.6) is 0 Å². The summed E-state index contributed by atoms with van der Waals surface area (Å²) >= 11 is 0.